The lowest BCUT2D eigenvalue weighted by Gasteiger charge is -2.25. The number of anilines is 1. The molecular formula is C26H21FN2O7S. The molecule has 11 heteroatoms. The number of benzene rings is 3. The molecule has 0 spiro atoms. The first-order valence-corrected chi connectivity index (χ1v) is 12.6. The summed E-state index contributed by atoms with van der Waals surface area (Å²) in [4.78, 5) is 15.5. The Kier molecular flexibility index (Phi) is 6.30. The number of carbonyl (C=O) groups is 1. The lowest BCUT2D eigenvalue weighted by Crippen LogP contribution is -2.40. The zero-order chi connectivity index (χ0) is 26.2. The van der Waals surface area contributed by atoms with Crippen molar-refractivity contribution in [2.45, 2.75) is 31.1 Å². The highest BCUT2D eigenvalue weighted by atomic mass is 32.2. The summed E-state index contributed by atoms with van der Waals surface area (Å²) in [5, 5.41) is 9.11. The fourth-order valence-corrected chi connectivity index (χ4v) is 5.64. The van der Waals surface area contributed by atoms with Crippen molar-refractivity contribution in [1.82, 2.24) is 4.98 Å². The van der Waals surface area contributed by atoms with Crippen LogP contribution >= 0.6 is 0 Å². The number of fused-ring (bicyclic) bond motifs is 1. The predicted octanol–water partition coefficient (Wildman–Crippen LogP) is 5.14. The van der Waals surface area contributed by atoms with Gasteiger partial charge in [0, 0.05) is 12.0 Å². The summed E-state index contributed by atoms with van der Waals surface area (Å²) in [6.45, 7) is 1.80. The van der Waals surface area contributed by atoms with Crippen molar-refractivity contribution < 1.29 is 36.6 Å². The molecule has 0 unspecified atom stereocenters. The average molecular weight is 525 g/mol. The van der Waals surface area contributed by atoms with Crippen molar-refractivity contribution in [2.75, 3.05) is 4.31 Å². The maximum atomic E-state index is 13.4. The van der Waals surface area contributed by atoms with Gasteiger partial charge in [0.05, 0.1) is 10.6 Å². The van der Waals surface area contributed by atoms with Crippen LogP contribution in [0.15, 0.2) is 82.1 Å². The summed E-state index contributed by atoms with van der Waals surface area (Å²) in [6, 6.07) is 18.3. The van der Waals surface area contributed by atoms with Crippen LogP contribution < -0.4 is 9.04 Å². The molecule has 9 nitrogen and oxygen atoms in total. The molecule has 190 valence electrons. The van der Waals surface area contributed by atoms with Crippen LogP contribution in [0.2, 0.25) is 0 Å². The molecular weight excluding hydrogens is 503 g/mol. The first-order valence-electron chi connectivity index (χ1n) is 11.2. The Hall–Kier alpha value is -4.38. The second-order valence-electron chi connectivity index (χ2n) is 8.26. The van der Waals surface area contributed by atoms with Gasteiger partial charge in [-0.2, -0.15) is 0 Å². The molecule has 1 aromatic heterocycles. The topological polar surface area (TPSA) is 119 Å². The number of rotatable bonds is 7. The van der Waals surface area contributed by atoms with E-state index in [1.807, 2.05) is 0 Å². The van der Waals surface area contributed by atoms with Crippen molar-refractivity contribution in [3.63, 3.8) is 0 Å². The van der Waals surface area contributed by atoms with Crippen molar-refractivity contribution in [3.05, 3.63) is 95.6 Å². The average Bonchev–Trinajstić information content (AvgIpc) is 3.43. The Balaban J connectivity index is 1.32. The second kappa shape index (κ2) is 9.58. The first kappa shape index (κ1) is 24.3. The minimum atomic E-state index is -4.13. The first-order chi connectivity index (χ1) is 17.7. The number of carboxylic acid groups (broad SMARTS) is 1. The smallest absolute Gasteiger partial charge is 0.487 e. The van der Waals surface area contributed by atoms with Gasteiger partial charge in [0.25, 0.3) is 10.0 Å². The van der Waals surface area contributed by atoms with Gasteiger partial charge in [-0.1, -0.05) is 18.2 Å². The molecule has 0 aliphatic carbocycles. The number of aromatic nitrogens is 1. The number of sulfonamides is 1. The quantitative estimate of drug-likeness (QED) is 0.330. The molecule has 5 rings (SSSR count). The Morgan fingerprint density at radius 2 is 1.81 bits per heavy atom. The summed E-state index contributed by atoms with van der Waals surface area (Å²) < 4.78 is 57.4. The largest absolute Gasteiger partial charge is 0.507 e. The molecule has 4 aromatic rings. The van der Waals surface area contributed by atoms with Crippen LogP contribution in [0.25, 0.3) is 11.5 Å². The van der Waals surface area contributed by atoms with E-state index in [2.05, 4.69) is 4.98 Å². The molecule has 0 saturated carbocycles. The Labute approximate surface area is 211 Å². The van der Waals surface area contributed by atoms with Crippen molar-refractivity contribution in [2.24, 2.45) is 0 Å². The van der Waals surface area contributed by atoms with Crippen molar-refractivity contribution >= 4 is 21.9 Å². The zero-order valence-electron chi connectivity index (χ0n) is 19.5. The third kappa shape index (κ3) is 4.85. The number of nitrogens with zero attached hydrogens (tertiary/aromatic N) is 2. The third-order valence-corrected chi connectivity index (χ3v) is 7.68. The van der Waals surface area contributed by atoms with Crippen LogP contribution in [0.5, 0.6) is 5.75 Å². The molecule has 1 aliphatic rings. The maximum absolute atomic E-state index is 13.4. The van der Waals surface area contributed by atoms with Crippen LogP contribution in [0.1, 0.15) is 17.0 Å². The van der Waals surface area contributed by atoms with Gasteiger partial charge in [-0.25, -0.2) is 26.9 Å². The summed E-state index contributed by atoms with van der Waals surface area (Å²) in [5.74, 6) is 0.905. The molecule has 1 aliphatic heterocycles. The van der Waals surface area contributed by atoms with Gasteiger partial charge in [0.1, 0.15) is 29.6 Å². The number of halogens is 1. The normalized spacial score (nSPS) is 14.9. The van der Waals surface area contributed by atoms with Gasteiger partial charge >= 0.3 is 6.16 Å². The second-order valence-corrected chi connectivity index (χ2v) is 10.1. The molecule has 1 N–H and O–H groups in total. The lowest BCUT2D eigenvalue weighted by molar-refractivity contribution is 0.0596. The summed E-state index contributed by atoms with van der Waals surface area (Å²) in [5.41, 5.74) is 2.20. The molecule has 1 atom stereocenters. The van der Waals surface area contributed by atoms with Crippen LogP contribution in [0.4, 0.5) is 14.9 Å². The van der Waals surface area contributed by atoms with E-state index in [-0.39, 0.29) is 23.7 Å². The van der Waals surface area contributed by atoms with Gasteiger partial charge in [0.2, 0.25) is 5.89 Å². The molecule has 0 bridgehead atoms. The highest BCUT2D eigenvalue weighted by molar-refractivity contribution is 7.92. The van der Waals surface area contributed by atoms with E-state index in [9.17, 15) is 17.6 Å². The highest BCUT2D eigenvalue weighted by Crippen LogP contribution is 2.37. The summed E-state index contributed by atoms with van der Waals surface area (Å²) in [6.07, 6.45) is -2.66. The van der Waals surface area contributed by atoms with Crippen LogP contribution in [0, 0.1) is 12.7 Å². The van der Waals surface area contributed by atoms with Gasteiger partial charge in [-0.3, -0.25) is 0 Å². The molecule has 0 fully saturated rings. The van der Waals surface area contributed by atoms with E-state index in [4.69, 9.17) is 19.0 Å². The van der Waals surface area contributed by atoms with Crippen molar-refractivity contribution in [1.29, 1.82) is 0 Å². The third-order valence-electron chi connectivity index (χ3n) is 5.86. The van der Waals surface area contributed by atoms with E-state index < -0.39 is 22.4 Å². The lowest BCUT2D eigenvalue weighted by atomic mass is 10.2. The van der Waals surface area contributed by atoms with E-state index in [1.165, 1.54) is 36.4 Å². The number of aryl methyl sites for hydroxylation is 1. The fourth-order valence-electron chi connectivity index (χ4n) is 4.07. The molecule has 2 heterocycles. The Bertz CT molecular complexity index is 1550. The van der Waals surface area contributed by atoms with E-state index >= 15 is 0 Å². The van der Waals surface area contributed by atoms with Crippen LogP contribution in [0.3, 0.4) is 0 Å². The summed E-state index contributed by atoms with van der Waals surface area (Å²) >= 11 is 0. The van der Waals surface area contributed by atoms with Crippen LogP contribution in [-0.4, -0.2) is 30.9 Å². The predicted molar refractivity (Wildman–Crippen MR) is 130 cm³/mol. The fraction of sp³-hybridized carbons (Fsp3) is 0.154. The highest BCUT2D eigenvalue weighted by Gasteiger charge is 2.40. The number of hydrogen-bond donors (Lipinski definition) is 1. The van der Waals surface area contributed by atoms with E-state index in [0.717, 1.165) is 4.31 Å². The maximum Gasteiger partial charge on any atom is 0.507 e. The molecule has 37 heavy (non-hydrogen) atoms. The minimum Gasteiger partial charge on any atom is -0.487 e. The van der Waals surface area contributed by atoms with Crippen LogP contribution in [-0.2, 0) is 27.8 Å². The van der Waals surface area contributed by atoms with Gasteiger partial charge in [0.15, 0.2) is 6.23 Å². The zero-order valence-corrected chi connectivity index (χ0v) is 20.3. The monoisotopic (exact) mass is 524 g/mol. The molecule has 0 radical (unpaired) electrons. The minimum absolute atomic E-state index is 0.0493. The van der Waals surface area contributed by atoms with Crippen molar-refractivity contribution in [3.8, 4) is 17.2 Å². The Morgan fingerprint density at radius 3 is 2.51 bits per heavy atom. The number of hydrogen-bond acceptors (Lipinski definition) is 7. The molecule has 0 amide bonds. The summed E-state index contributed by atoms with van der Waals surface area (Å²) in [7, 11) is -4.13. The SMILES string of the molecule is Cc1oc(-c2ccc(F)cc2)nc1COc1ccc(S(=O)(=O)N2c3ccccc3C[C@H]2OC(=O)O)cc1. The van der Waals surface area contributed by atoms with Gasteiger partial charge in [-0.05, 0) is 67.1 Å². The standard InChI is InChI=1S/C26H21FN2O7S/c1-16-22(28-25(35-16)17-6-8-19(27)9-7-17)15-34-20-10-12-21(13-11-20)37(32,33)29-23-5-3-2-4-18(23)14-24(29)36-26(30)31/h2-13,24H,14-15H2,1H3,(H,30,31)/t24-/m1/s1. The molecule has 0 saturated heterocycles. The Morgan fingerprint density at radius 1 is 1.11 bits per heavy atom. The van der Waals surface area contributed by atoms with E-state index in [0.29, 0.717) is 39.9 Å². The number of para-hydroxylation sites is 1. The van der Waals surface area contributed by atoms with Gasteiger partial charge < -0.3 is 19.0 Å². The molecule has 3 aromatic carbocycles. The number of oxazole rings is 1. The van der Waals surface area contributed by atoms with Gasteiger partial charge in [-0.15, -0.1) is 0 Å². The number of ether oxygens (including phenoxy) is 2. The van der Waals surface area contributed by atoms with E-state index in [1.54, 1.807) is 43.3 Å².